The smallest absolute Gasteiger partial charge is 0.225 e. The Balaban J connectivity index is 1.33. The third-order valence-corrected chi connectivity index (χ3v) is 5.85. The quantitative estimate of drug-likeness (QED) is 0.651. The van der Waals surface area contributed by atoms with Crippen LogP contribution in [0.5, 0.6) is 0 Å². The molecule has 142 valence electrons. The highest BCUT2D eigenvalue weighted by Crippen LogP contribution is 2.44. The van der Waals surface area contributed by atoms with Crippen molar-refractivity contribution in [1.82, 2.24) is 14.9 Å². The summed E-state index contributed by atoms with van der Waals surface area (Å²) in [6, 6.07) is 12.6. The molecule has 0 bridgehead atoms. The molecule has 2 heterocycles. The van der Waals surface area contributed by atoms with Crippen LogP contribution in [0, 0.1) is 5.41 Å². The molecule has 27 heavy (non-hydrogen) atoms. The van der Waals surface area contributed by atoms with Gasteiger partial charge in [0, 0.05) is 45.1 Å². The SMILES string of the molecule is NC(=NCC1(Cc2ccccc2)CCC1)N1CCN(c2ncccn2)CC1. The molecule has 6 heteroatoms. The second kappa shape index (κ2) is 7.94. The van der Waals surface area contributed by atoms with Gasteiger partial charge in [-0.15, -0.1) is 0 Å². The van der Waals surface area contributed by atoms with Crippen LogP contribution in [0.4, 0.5) is 5.95 Å². The van der Waals surface area contributed by atoms with Crippen LogP contribution >= 0.6 is 0 Å². The fourth-order valence-corrected chi connectivity index (χ4v) is 4.04. The summed E-state index contributed by atoms with van der Waals surface area (Å²) in [6.07, 6.45) is 8.47. The maximum atomic E-state index is 6.34. The molecule has 6 nitrogen and oxygen atoms in total. The molecular weight excluding hydrogens is 336 g/mol. The molecule has 2 aliphatic rings. The molecule has 0 amide bonds. The zero-order chi connectivity index (χ0) is 18.5. The highest BCUT2D eigenvalue weighted by molar-refractivity contribution is 5.78. The molecule has 0 atom stereocenters. The molecule has 0 unspecified atom stereocenters. The van der Waals surface area contributed by atoms with Crippen LogP contribution < -0.4 is 10.6 Å². The summed E-state index contributed by atoms with van der Waals surface area (Å²) in [7, 11) is 0. The minimum absolute atomic E-state index is 0.297. The Hall–Kier alpha value is -2.63. The number of rotatable bonds is 5. The van der Waals surface area contributed by atoms with Gasteiger partial charge >= 0.3 is 0 Å². The normalized spacial score (nSPS) is 19.6. The molecule has 2 fully saturated rings. The number of benzene rings is 1. The van der Waals surface area contributed by atoms with E-state index in [4.69, 9.17) is 10.7 Å². The Labute approximate surface area is 161 Å². The van der Waals surface area contributed by atoms with Crippen LogP contribution in [-0.2, 0) is 6.42 Å². The Morgan fingerprint density at radius 2 is 1.70 bits per heavy atom. The lowest BCUT2D eigenvalue weighted by Gasteiger charge is -2.41. The minimum atomic E-state index is 0.297. The number of guanidine groups is 1. The van der Waals surface area contributed by atoms with Crippen molar-refractivity contribution in [3.05, 3.63) is 54.4 Å². The third kappa shape index (κ3) is 4.21. The standard InChI is InChI=1S/C21H28N6/c22-19(26-12-14-27(15-13-26)20-23-10-5-11-24-20)25-17-21(8-4-9-21)16-18-6-2-1-3-7-18/h1-3,5-7,10-11H,4,8-9,12-17H2,(H2,22,25). The van der Waals surface area contributed by atoms with E-state index in [9.17, 15) is 0 Å². The topological polar surface area (TPSA) is 70.6 Å². The number of hydrogen-bond donors (Lipinski definition) is 1. The van der Waals surface area contributed by atoms with Gasteiger partial charge in [0.25, 0.3) is 0 Å². The Kier molecular flexibility index (Phi) is 5.23. The second-order valence-corrected chi connectivity index (χ2v) is 7.71. The van der Waals surface area contributed by atoms with Gasteiger partial charge in [0.1, 0.15) is 0 Å². The van der Waals surface area contributed by atoms with E-state index in [1.807, 2.05) is 6.07 Å². The van der Waals surface area contributed by atoms with Crippen molar-refractivity contribution >= 4 is 11.9 Å². The van der Waals surface area contributed by atoms with Crippen molar-refractivity contribution in [1.29, 1.82) is 0 Å². The molecule has 4 rings (SSSR count). The van der Waals surface area contributed by atoms with Gasteiger partial charge in [-0.2, -0.15) is 0 Å². The first-order valence-electron chi connectivity index (χ1n) is 9.85. The third-order valence-electron chi connectivity index (χ3n) is 5.85. The number of anilines is 1. The van der Waals surface area contributed by atoms with Gasteiger partial charge < -0.3 is 15.5 Å². The van der Waals surface area contributed by atoms with Crippen LogP contribution in [0.1, 0.15) is 24.8 Å². The summed E-state index contributed by atoms with van der Waals surface area (Å²) in [5.74, 6) is 1.48. The number of piperazine rings is 1. The summed E-state index contributed by atoms with van der Waals surface area (Å²) in [6.45, 7) is 4.29. The lowest BCUT2D eigenvalue weighted by atomic mass is 9.65. The zero-order valence-corrected chi connectivity index (χ0v) is 15.8. The molecule has 1 aliphatic heterocycles. The molecule has 0 radical (unpaired) electrons. The maximum absolute atomic E-state index is 6.34. The van der Waals surface area contributed by atoms with Gasteiger partial charge in [-0.25, -0.2) is 9.97 Å². The fourth-order valence-electron chi connectivity index (χ4n) is 4.04. The molecule has 2 aromatic rings. The summed E-state index contributed by atoms with van der Waals surface area (Å²) in [5, 5.41) is 0. The molecule has 1 aromatic heterocycles. The van der Waals surface area contributed by atoms with E-state index in [0.29, 0.717) is 11.4 Å². The van der Waals surface area contributed by atoms with Gasteiger partial charge in [-0.1, -0.05) is 36.8 Å². The molecule has 0 spiro atoms. The summed E-state index contributed by atoms with van der Waals surface area (Å²) in [5.41, 5.74) is 8.04. The van der Waals surface area contributed by atoms with Gasteiger partial charge in [0.05, 0.1) is 0 Å². The highest BCUT2D eigenvalue weighted by atomic mass is 15.4. The van der Waals surface area contributed by atoms with Crippen molar-refractivity contribution in [3.63, 3.8) is 0 Å². The van der Waals surface area contributed by atoms with E-state index < -0.39 is 0 Å². The van der Waals surface area contributed by atoms with Gasteiger partial charge in [0.2, 0.25) is 5.95 Å². The van der Waals surface area contributed by atoms with Crippen LogP contribution in [-0.4, -0.2) is 53.6 Å². The number of nitrogens with zero attached hydrogens (tertiary/aromatic N) is 5. The van der Waals surface area contributed by atoms with Crippen LogP contribution in [0.25, 0.3) is 0 Å². The predicted molar refractivity (Wildman–Crippen MR) is 109 cm³/mol. The van der Waals surface area contributed by atoms with E-state index >= 15 is 0 Å². The van der Waals surface area contributed by atoms with E-state index in [-0.39, 0.29) is 0 Å². The maximum Gasteiger partial charge on any atom is 0.225 e. The summed E-state index contributed by atoms with van der Waals surface area (Å²) >= 11 is 0. The average molecular weight is 364 g/mol. The van der Waals surface area contributed by atoms with E-state index in [0.717, 1.165) is 45.1 Å². The van der Waals surface area contributed by atoms with E-state index in [2.05, 4.69) is 50.1 Å². The number of nitrogens with two attached hydrogens (primary N) is 1. The Bertz CT molecular complexity index is 749. The average Bonchev–Trinajstić information content (AvgIpc) is 2.71. The van der Waals surface area contributed by atoms with Crippen LogP contribution in [0.2, 0.25) is 0 Å². The van der Waals surface area contributed by atoms with E-state index in [1.54, 1.807) is 12.4 Å². The predicted octanol–water partition coefficient (Wildman–Crippen LogP) is 2.33. The minimum Gasteiger partial charge on any atom is -0.370 e. The van der Waals surface area contributed by atoms with Crippen molar-refractivity contribution < 1.29 is 0 Å². The fraction of sp³-hybridized carbons (Fsp3) is 0.476. The number of hydrogen-bond acceptors (Lipinski definition) is 4. The van der Waals surface area contributed by atoms with Crippen LogP contribution in [0.15, 0.2) is 53.8 Å². The van der Waals surface area contributed by atoms with Crippen molar-refractivity contribution in [2.75, 3.05) is 37.6 Å². The Morgan fingerprint density at radius 3 is 2.33 bits per heavy atom. The first-order chi connectivity index (χ1) is 13.2. The molecule has 1 aromatic carbocycles. The Morgan fingerprint density at radius 1 is 1.00 bits per heavy atom. The molecular formula is C21H28N6. The zero-order valence-electron chi connectivity index (χ0n) is 15.8. The highest BCUT2D eigenvalue weighted by Gasteiger charge is 2.37. The lowest BCUT2D eigenvalue weighted by Crippen LogP contribution is -2.52. The second-order valence-electron chi connectivity index (χ2n) is 7.71. The molecule has 2 N–H and O–H groups in total. The van der Waals surface area contributed by atoms with Gasteiger partial charge in [-0.05, 0) is 36.3 Å². The van der Waals surface area contributed by atoms with Crippen molar-refractivity contribution in [2.45, 2.75) is 25.7 Å². The van der Waals surface area contributed by atoms with Gasteiger partial charge in [-0.3, -0.25) is 4.99 Å². The first-order valence-corrected chi connectivity index (χ1v) is 9.85. The van der Waals surface area contributed by atoms with Crippen LogP contribution in [0.3, 0.4) is 0 Å². The molecule has 1 saturated heterocycles. The van der Waals surface area contributed by atoms with E-state index in [1.165, 1.54) is 24.8 Å². The first kappa shape index (κ1) is 17.8. The summed E-state index contributed by atoms with van der Waals surface area (Å²) < 4.78 is 0. The monoisotopic (exact) mass is 364 g/mol. The lowest BCUT2D eigenvalue weighted by molar-refractivity contribution is 0.145. The number of aromatic nitrogens is 2. The number of aliphatic imine (C=N–C) groups is 1. The molecule has 1 aliphatic carbocycles. The van der Waals surface area contributed by atoms with Gasteiger partial charge in [0.15, 0.2) is 5.96 Å². The summed E-state index contributed by atoms with van der Waals surface area (Å²) in [4.78, 5) is 17.9. The molecule has 1 saturated carbocycles. The van der Waals surface area contributed by atoms with Crippen molar-refractivity contribution in [2.24, 2.45) is 16.1 Å². The van der Waals surface area contributed by atoms with Crippen molar-refractivity contribution in [3.8, 4) is 0 Å². The largest absolute Gasteiger partial charge is 0.370 e.